The van der Waals surface area contributed by atoms with Crippen molar-refractivity contribution in [2.24, 2.45) is 0 Å². The predicted molar refractivity (Wildman–Crippen MR) is 103 cm³/mol. The Morgan fingerprint density at radius 2 is 1.19 bits per heavy atom. The molecule has 3 rings (SSSR count). The van der Waals surface area contributed by atoms with Crippen molar-refractivity contribution in [3.63, 3.8) is 0 Å². The fourth-order valence-electron chi connectivity index (χ4n) is 2.39. The summed E-state index contributed by atoms with van der Waals surface area (Å²) in [6, 6.07) is 22.7. The molecule has 0 atom stereocenters. The Labute approximate surface area is 156 Å². The van der Waals surface area contributed by atoms with Crippen LogP contribution in [-0.4, -0.2) is 12.2 Å². The summed E-state index contributed by atoms with van der Waals surface area (Å²) in [4.78, 5) is 24.3. The van der Waals surface area contributed by atoms with Gasteiger partial charge in [-0.2, -0.15) is 0 Å². The molecule has 3 aromatic carbocycles. The molecular formula is C21H18N2O4. The molecule has 0 aliphatic rings. The number of aryl methyl sites for hydroxylation is 1. The van der Waals surface area contributed by atoms with Gasteiger partial charge >= 0.3 is 12.2 Å². The van der Waals surface area contributed by atoms with Crippen molar-refractivity contribution in [1.29, 1.82) is 0 Å². The van der Waals surface area contributed by atoms with E-state index in [-0.39, 0.29) is 0 Å². The van der Waals surface area contributed by atoms with Crippen molar-refractivity contribution in [1.82, 2.24) is 0 Å². The molecule has 27 heavy (non-hydrogen) atoms. The van der Waals surface area contributed by atoms with E-state index in [0.29, 0.717) is 22.9 Å². The molecule has 0 radical (unpaired) electrons. The lowest BCUT2D eigenvalue weighted by atomic mass is 10.1. The molecule has 0 saturated carbocycles. The van der Waals surface area contributed by atoms with Gasteiger partial charge in [0.15, 0.2) is 0 Å². The van der Waals surface area contributed by atoms with Gasteiger partial charge in [0.1, 0.15) is 11.5 Å². The molecule has 2 N–H and O–H groups in total. The van der Waals surface area contributed by atoms with Gasteiger partial charge in [-0.3, -0.25) is 10.6 Å². The number of carbonyl (C=O) groups is 2. The van der Waals surface area contributed by atoms with E-state index in [0.717, 1.165) is 5.56 Å². The number of hydrogen-bond donors (Lipinski definition) is 2. The number of nitrogens with one attached hydrogen (secondary N) is 2. The zero-order valence-corrected chi connectivity index (χ0v) is 14.6. The number of carbonyl (C=O) groups excluding carboxylic acids is 2. The quantitative estimate of drug-likeness (QED) is 0.667. The molecule has 6 heteroatoms. The lowest BCUT2D eigenvalue weighted by molar-refractivity contribution is 0.213. The van der Waals surface area contributed by atoms with Gasteiger partial charge in [-0.15, -0.1) is 0 Å². The molecule has 0 spiro atoms. The third-order valence-electron chi connectivity index (χ3n) is 3.64. The Morgan fingerprint density at radius 3 is 1.74 bits per heavy atom. The second-order valence-electron chi connectivity index (χ2n) is 5.65. The summed E-state index contributed by atoms with van der Waals surface area (Å²) in [6.07, 6.45) is -1.32. The first-order valence-electron chi connectivity index (χ1n) is 8.29. The van der Waals surface area contributed by atoms with Gasteiger partial charge in [-0.25, -0.2) is 9.59 Å². The van der Waals surface area contributed by atoms with Crippen molar-refractivity contribution >= 4 is 23.6 Å². The standard InChI is InChI=1S/C21H18N2O4/c1-15-9-8-14-18(22-20(24)26-16-10-4-2-5-11-16)19(15)23-21(25)27-17-12-6-3-7-13-17/h2-14H,1H3,(H,22,24)(H,23,25). The normalized spacial score (nSPS) is 9.96. The van der Waals surface area contributed by atoms with Gasteiger partial charge in [0.2, 0.25) is 0 Å². The zero-order valence-electron chi connectivity index (χ0n) is 14.6. The minimum absolute atomic E-state index is 0.404. The highest BCUT2D eigenvalue weighted by Crippen LogP contribution is 2.26. The van der Waals surface area contributed by atoms with Gasteiger partial charge in [-0.05, 0) is 42.8 Å². The minimum atomic E-state index is -0.661. The SMILES string of the molecule is Cc1cccc(NC(=O)Oc2ccccc2)c1NC(=O)Oc1ccccc1. The second-order valence-corrected chi connectivity index (χ2v) is 5.65. The Morgan fingerprint density at radius 1 is 0.667 bits per heavy atom. The molecule has 3 aromatic rings. The average molecular weight is 362 g/mol. The topological polar surface area (TPSA) is 76.7 Å². The van der Waals surface area contributed by atoms with Crippen LogP contribution in [0.2, 0.25) is 0 Å². The Hall–Kier alpha value is -3.80. The van der Waals surface area contributed by atoms with Crippen LogP contribution in [0.4, 0.5) is 21.0 Å². The highest BCUT2D eigenvalue weighted by Gasteiger charge is 2.14. The van der Waals surface area contributed by atoms with E-state index >= 15 is 0 Å². The van der Waals surface area contributed by atoms with E-state index in [1.54, 1.807) is 60.7 Å². The molecule has 0 bridgehead atoms. The van der Waals surface area contributed by atoms with Gasteiger partial charge in [0.05, 0.1) is 11.4 Å². The summed E-state index contributed by atoms with van der Waals surface area (Å²) >= 11 is 0. The maximum absolute atomic E-state index is 12.2. The van der Waals surface area contributed by atoms with E-state index in [1.807, 2.05) is 25.1 Å². The lowest BCUT2D eigenvalue weighted by Crippen LogP contribution is -2.21. The molecule has 0 aromatic heterocycles. The highest BCUT2D eigenvalue weighted by molar-refractivity contribution is 5.97. The summed E-state index contributed by atoms with van der Waals surface area (Å²) in [5.41, 5.74) is 1.60. The summed E-state index contributed by atoms with van der Waals surface area (Å²) in [7, 11) is 0. The summed E-state index contributed by atoms with van der Waals surface area (Å²) < 4.78 is 10.5. The van der Waals surface area contributed by atoms with E-state index < -0.39 is 12.2 Å². The molecule has 0 fully saturated rings. The van der Waals surface area contributed by atoms with Crippen LogP contribution in [0, 0.1) is 6.92 Å². The first-order chi connectivity index (χ1) is 13.1. The molecule has 0 aliphatic heterocycles. The van der Waals surface area contributed by atoms with E-state index in [4.69, 9.17) is 9.47 Å². The molecule has 2 amide bonds. The Bertz CT molecular complexity index is 927. The van der Waals surface area contributed by atoms with Crippen LogP contribution in [0.15, 0.2) is 78.9 Å². The van der Waals surface area contributed by atoms with E-state index in [9.17, 15) is 9.59 Å². The van der Waals surface area contributed by atoms with E-state index in [2.05, 4.69) is 10.6 Å². The Kier molecular flexibility index (Phi) is 5.69. The van der Waals surface area contributed by atoms with Gasteiger partial charge in [0, 0.05) is 0 Å². The number of anilines is 2. The molecule has 6 nitrogen and oxygen atoms in total. The van der Waals surface area contributed by atoms with E-state index in [1.165, 1.54) is 0 Å². The highest BCUT2D eigenvalue weighted by atomic mass is 16.6. The van der Waals surface area contributed by atoms with Crippen molar-refractivity contribution in [2.45, 2.75) is 6.92 Å². The summed E-state index contributed by atoms with van der Waals surface area (Å²) in [5, 5.41) is 5.30. The molecular weight excluding hydrogens is 344 g/mol. The Balaban J connectivity index is 1.70. The van der Waals surface area contributed by atoms with Crippen LogP contribution in [0.25, 0.3) is 0 Å². The zero-order chi connectivity index (χ0) is 19.1. The number of amides is 2. The lowest BCUT2D eigenvalue weighted by Gasteiger charge is -2.14. The minimum Gasteiger partial charge on any atom is -0.410 e. The number of hydrogen-bond acceptors (Lipinski definition) is 4. The maximum atomic E-state index is 12.2. The van der Waals surface area contributed by atoms with Crippen LogP contribution in [0.5, 0.6) is 11.5 Å². The average Bonchev–Trinajstić information content (AvgIpc) is 2.66. The first kappa shape index (κ1) is 18.0. The third-order valence-corrected chi connectivity index (χ3v) is 3.64. The fraction of sp³-hybridized carbons (Fsp3) is 0.0476. The van der Waals surface area contributed by atoms with Crippen LogP contribution < -0.4 is 20.1 Å². The van der Waals surface area contributed by atoms with Crippen LogP contribution in [0.1, 0.15) is 5.56 Å². The second kappa shape index (κ2) is 8.53. The maximum Gasteiger partial charge on any atom is 0.417 e. The monoisotopic (exact) mass is 362 g/mol. The van der Waals surface area contributed by atoms with Gasteiger partial charge in [-0.1, -0.05) is 48.5 Å². The molecule has 0 aliphatic carbocycles. The first-order valence-corrected chi connectivity index (χ1v) is 8.29. The molecule has 136 valence electrons. The summed E-state index contributed by atoms with van der Waals surface area (Å²) in [6.45, 7) is 1.81. The van der Waals surface area contributed by atoms with Gasteiger partial charge < -0.3 is 9.47 Å². The van der Waals surface area contributed by atoms with Crippen LogP contribution in [-0.2, 0) is 0 Å². The molecule has 0 saturated heterocycles. The predicted octanol–water partition coefficient (Wildman–Crippen LogP) is 5.22. The number of rotatable bonds is 4. The number of ether oxygens (including phenoxy) is 2. The van der Waals surface area contributed by atoms with Gasteiger partial charge in [0.25, 0.3) is 0 Å². The largest absolute Gasteiger partial charge is 0.417 e. The number of para-hydroxylation sites is 3. The summed E-state index contributed by atoms with van der Waals surface area (Å²) in [5.74, 6) is 0.835. The van der Waals surface area contributed by atoms with Crippen LogP contribution in [0.3, 0.4) is 0 Å². The molecule has 0 unspecified atom stereocenters. The van der Waals surface area contributed by atoms with Crippen molar-refractivity contribution < 1.29 is 19.1 Å². The molecule has 0 heterocycles. The fourth-order valence-corrected chi connectivity index (χ4v) is 2.39. The van der Waals surface area contributed by atoms with Crippen molar-refractivity contribution in [3.8, 4) is 11.5 Å². The third kappa shape index (κ3) is 5.09. The van der Waals surface area contributed by atoms with Crippen molar-refractivity contribution in [2.75, 3.05) is 10.6 Å². The van der Waals surface area contributed by atoms with Crippen molar-refractivity contribution in [3.05, 3.63) is 84.4 Å². The van der Waals surface area contributed by atoms with Crippen LogP contribution >= 0.6 is 0 Å². The number of benzene rings is 3. The smallest absolute Gasteiger partial charge is 0.410 e.